The van der Waals surface area contributed by atoms with E-state index in [4.69, 9.17) is 14.2 Å². The smallest absolute Gasteiger partial charge is 0.338 e. The van der Waals surface area contributed by atoms with Crippen LogP contribution in [0.2, 0.25) is 0 Å². The average molecular weight is 186 g/mol. The summed E-state index contributed by atoms with van der Waals surface area (Å²) >= 11 is 0. The molecule has 2 aliphatic rings. The maximum absolute atomic E-state index is 11.6. The van der Waals surface area contributed by atoms with E-state index < -0.39 is 5.60 Å². The predicted molar refractivity (Wildman–Crippen MR) is 44.3 cm³/mol. The third kappa shape index (κ3) is 1.69. The zero-order valence-corrected chi connectivity index (χ0v) is 7.75. The summed E-state index contributed by atoms with van der Waals surface area (Å²) < 4.78 is 15.5. The third-order valence-corrected chi connectivity index (χ3v) is 2.53. The van der Waals surface area contributed by atoms with Gasteiger partial charge < -0.3 is 14.2 Å². The van der Waals surface area contributed by atoms with E-state index in [0.717, 1.165) is 12.8 Å². The van der Waals surface area contributed by atoms with Crippen molar-refractivity contribution in [3.05, 3.63) is 0 Å². The third-order valence-electron chi connectivity index (χ3n) is 2.53. The number of hydrogen-bond acceptors (Lipinski definition) is 4. The van der Waals surface area contributed by atoms with Crippen LogP contribution in [-0.4, -0.2) is 37.5 Å². The number of hydrogen-bond donors (Lipinski definition) is 0. The van der Waals surface area contributed by atoms with Crippen molar-refractivity contribution in [3.8, 4) is 0 Å². The number of carbonyl (C=O) groups excluding carboxylic acids is 1. The second-order valence-corrected chi connectivity index (χ2v) is 3.75. The lowest BCUT2D eigenvalue weighted by molar-refractivity contribution is -0.190. The van der Waals surface area contributed by atoms with Crippen LogP contribution >= 0.6 is 0 Å². The second-order valence-electron chi connectivity index (χ2n) is 3.75. The largest absolute Gasteiger partial charge is 0.455 e. The summed E-state index contributed by atoms with van der Waals surface area (Å²) in [6.45, 7) is 3.51. The van der Waals surface area contributed by atoms with E-state index in [9.17, 15) is 4.79 Å². The van der Waals surface area contributed by atoms with Crippen LogP contribution in [0.4, 0.5) is 0 Å². The molecule has 0 saturated carbocycles. The molecule has 4 nitrogen and oxygen atoms in total. The van der Waals surface area contributed by atoms with Gasteiger partial charge in [0.1, 0.15) is 6.10 Å². The van der Waals surface area contributed by atoms with Gasteiger partial charge >= 0.3 is 5.97 Å². The Morgan fingerprint density at radius 1 is 1.54 bits per heavy atom. The topological polar surface area (TPSA) is 44.8 Å². The molecule has 0 bridgehead atoms. The fourth-order valence-electron chi connectivity index (χ4n) is 1.50. The summed E-state index contributed by atoms with van der Waals surface area (Å²) in [7, 11) is 0. The summed E-state index contributed by atoms with van der Waals surface area (Å²) in [6.07, 6.45) is 1.65. The van der Waals surface area contributed by atoms with Crippen molar-refractivity contribution in [2.75, 3.05) is 19.8 Å². The lowest BCUT2D eigenvalue weighted by Crippen LogP contribution is -2.44. The molecule has 0 N–H and O–H groups in total. The van der Waals surface area contributed by atoms with Gasteiger partial charge in [-0.1, -0.05) is 0 Å². The first kappa shape index (κ1) is 8.97. The predicted octanol–water partition coefficient (Wildman–Crippen LogP) is 0.497. The normalized spacial score (nSPS) is 34.2. The SMILES string of the molecule is CC1(C(=O)OC2COC2)CCCO1. The van der Waals surface area contributed by atoms with Crippen molar-refractivity contribution in [2.45, 2.75) is 31.5 Å². The van der Waals surface area contributed by atoms with E-state index in [2.05, 4.69) is 0 Å². The molecular weight excluding hydrogens is 172 g/mol. The van der Waals surface area contributed by atoms with Gasteiger partial charge in [0.25, 0.3) is 0 Å². The molecule has 2 rings (SSSR count). The zero-order chi connectivity index (χ0) is 9.31. The minimum Gasteiger partial charge on any atom is -0.455 e. The molecule has 2 fully saturated rings. The summed E-state index contributed by atoms with van der Waals surface area (Å²) in [5.41, 5.74) is -0.699. The van der Waals surface area contributed by atoms with Crippen LogP contribution in [0.5, 0.6) is 0 Å². The van der Waals surface area contributed by atoms with Crippen LogP contribution in [0.25, 0.3) is 0 Å². The molecule has 1 atom stereocenters. The molecule has 0 radical (unpaired) electrons. The molecule has 13 heavy (non-hydrogen) atoms. The van der Waals surface area contributed by atoms with Crippen molar-refractivity contribution in [3.63, 3.8) is 0 Å². The van der Waals surface area contributed by atoms with Crippen LogP contribution in [0.15, 0.2) is 0 Å². The van der Waals surface area contributed by atoms with Crippen LogP contribution in [-0.2, 0) is 19.0 Å². The molecule has 0 aromatic carbocycles. The Kier molecular flexibility index (Phi) is 2.26. The molecule has 0 amide bonds. The van der Waals surface area contributed by atoms with Crippen LogP contribution in [0.3, 0.4) is 0 Å². The standard InChI is InChI=1S/C9H14O4/c1-9(3-2-4-12-9)8(10)13-7-5-11-6-7/h7H,2-6H2,1H3. The Balaban J connectivity index is 1.87. The van der Waals surface area contributed by atoms with E-state index in [1.54, 1.807) is 6.92 Å². The Morgan fingerprint density at radius 3 is 2.77 bits per heavy atom. The lowest BCUT2D eigenvalue weighted by Gasteiger charge is -2.29. The van der Waals surface area contributed by atoms with Gasteiger partial charge in [0.2, 0.25) is 0 Å². The maximum atomic E-state index is 11.6. The molecule has 2 aliphatic heterocycles. The van der Waals surface area contributed by atoms with Crippen LogP contribution in [0.1, 0.15) is 19.8 Å². The average Bonchev–Trinajstić information content (AvgIpc) is 2.45. The van der Waals surface area contributed by atoms with Gasteiger partial charge in [-0.05, 0) is 19.8 Å². The number of rotatable bonds is 2. The highest BCUT2D eigenvalue weighted by Gasteiger charge is 2.41. The van der Waals surface area contributed by atoms with E-state index in [-0.39, 0.29) is 12.1 Å². The monoisotopic (exact) mass is 186 g/mol. The van der Waals surface area contributed by atoms with Gasteiger partial charge in [0.15, 0.2) is 5.60 Å². The fraction of sp³-hybridized carbons (Fsp3) is 0.889. The number of carbonyl (C=O) groups is 1. The molecule has 2 heterocycles. The van der Waals surface area contributed by atoms with Crippen molar-refractivity contribution in [1.82, 2.24) is 0 Å². The van der Waals surface area contributed by atoms with Crippen molar-refractivity contribution >= 4 is 5.97 Å². The van der Waals surface area contributed by atoms with E-state index in [0.29, 0.717) is 19.8 Å². The highest BCUT2D eigenvalue weighted by Crippen LogP contribution is 2.27. The molecule has 1 unspecified atom stereocenters. The molecule has 0 spiro atoms. The molecule has 0 aromatic rings. The Labute approximate surface area is 77.1 Å². The van der Waals surface area contributed by atoms with Gasteiger partial charge in [-0.15, -0.1) is 0 Å². The number of esters is 1. The zero-order valence-electron chi connectivity index (χ0n) is 7.75. The van der Waals surface area contributed by atoms with Gasteiger partial charge in [-0.25, -0.2) is 4.79 Å². The molecule has 0 aromatic heterocycles. The van der Waals surface area contributed by atoms with E-state index in [1.165, 1.54) is 0 Å². The van der Waals surface area contributed by atoms with Gasteiger partial charge in [-0.2, -0.15) is 0 Å². The van der Waals surface area contributed by atoms with E-state index >= 15 is 0 Å². The summed E-state index contributed by atoms with van der Waals surface area (Å²) in [5, 5.41) is 0. The first-order valence-corrected chi connectivity index (χ1v) is 4.63. The highest BCUT2D eigenvalue weighted by atomic mass is 16.6. The van der Waals surface area contributed by atoms with Gasteiger partial charge in [0, 0.05) is 6.61 Å². The van der Waals surface area contributed by atoms with Crippen molar-refractivity contribution in [2.24, 2.45) is 0 Å². The van der Waals surface area contributed by atoms with Crippen molar-refractivity contribution in [1.29, 1.82) is 0 Å². The molecule has 2 saturated heterocycles. The number of ether oxygens (including phenoxy) is 3. The summed E-state index contributed by atoms with van der Waals surface area (Å²) in [4.78, 5) is 11.6. The molecule has 0 aliphatic carbocycles. The fourth-order valence-corrected chi connectivity index (χ4v) is 1.50. The summed E-state index contributed by atoms with van der Waals surface area (Å²) in [6, 6.07) is 0. The lowest BCUT2D eigenvalue weighted by atomic mass is 10.0. The minimum absolute atomic E-state index is 0.0477. The van der Waals surface area contributed by atoms with Crippen LogP contribution in [0, 0.1) is 0 Å². The van der Waals surface area contributed by atoms with Crippen LogP contribution < -0.4 is 0 Å². The molecular formula is C9H14O4. The molecule has 74 valence electrons. The van der Waals surface area contributed by atoms with Gasteiger partial charge in [-0.3, -0.25) is 0 Å². The molecule has 4 heteroatoms. The van der Waals surface area contributed by atoms with Gasteiger partial charge in [0.05, 0.1) is 13.2 Å². The quantitative estimate of drug-likeness (QED) is 0.589. The highest BCUT2D eigenvalue weighted by molar-refractivity contribution is 5.79. The minimum atomic E-state index is -0.699. The van der Waals surface area contributed by atoms with Crippen molar-refractivity contribution < 1.29 is 19.0 Å². The second kappa shape index (κ2) is 3.27. The Morgan fingerprint density at radius 2 is 2.31 bits per heavy atom. The summed E-state index contributed by atoms with van der Waals surface area (Å²) in [5.74, 6) is -0.238. The first-order valence-electron chi connectivity index (χ1n) is 4.63. The Bertz CT molecular complexity index is 204. The Hall–Kier alpha value is -0.610. The van der Waals surface area contributed by atoms with E-state index in [1.807, 2.05) is 0 Å². The maximum Gasteiger partial charge on any atom is 0.338 e. The first-order chi connectivity index (χ1) is 6.21.